The lowest BCUT2D eigenvalue weighted by Crippen LogP contribution is -2.32. The Bertz CT molecular complexity index is 434. The molecule has 0 aliphatic carbocycles. The van der Waals surface area contributed by atoms with E-state index in [1.807, 2.05) is 31.2 Å². The van der Waals surface area contributed by atoms with Gasteiger partial charge in [0.25, 0.3) is 0 Å². The van der Waals surface area contributed by atoms with Crippen molar-refractivity contribution in [3.8, 4) is 5.75 Å². The lowest BCUT2D eigenvalue weighted by Gasteiger charge is -2.22. The fourth-order valence-corrected chi connectivity index (χ4v) is 2.18. The molecular formula is C17H27NO3. The summed E-state index contributed by atoms with van der Waals surface area (Å²) in [6.07, 6.45) is 2.00. The third-order valence-electron chi connectivity index (χ3n) is 3.62. The van der Waals surface area contributed by atoms with Crippen LogP contribution in [-0.4, -0.2) is 42.2 Å². The number of benzene rings is 1. The Hall–Kier alpha value is -1.55. The van der Waals surface area contributed by atoms with Crippen LogP contribution < -0.4 is 4.74 Å². The van der Waals surface area contributed by atoms with Crippen LogP contribution in [0.2, 0.25) is 0 Å². The van der Waals surface area contributed by atoms with Crippen LogP contribution in [0.15, 0.2) is 24.3 Å². The van der Waals surface area contributed by atoms with E-state index in [0.717, 1.165) is 37.2 Å². The number of unbranched alkanes of at least 4 members (excludes halogenated alkanes) is 1. The van der Waals surface area contributed by atoms with E-state index in [4.69, 9.17) is 9.84 Å². The van der Waals surface area contributed by atoms with Gasteiger partial charge in [0, 0.05) is 6.54 Å². The predicted molar refractivity (Wildman–Crippen MR) is 84.8 cm³/mol. The molecule has 1 N–H and O–H groups in total. The van der Waals surface area contributed by atoms with Gasteiger partial charge in [-0.25, -0.2) is 0 Å². The van der Waals surface area contributed by atoms with Crippen LogP contribution in [0.25, 0.3) is 0 Å². The smallest absolute Gasteiger partial charge is 0.307 e. The highest BCUT2D eigenvalue weighted by molar-refractivity contribution is 5.69. The minimum absolute atomic E-state index is 0.312. The molecule has 0 aliphatic heterocycles. The quantitative estimate of drug-likeness (QED) is 0.673. The summed E-state index contributed by atoms with van der Waals surface area (Å²) >= 11 is 0. The van der Waals surface area contributed by atoms with E-state index in [0.29, 0.717) is 13.2 Å². The number of ether oxygens (including phenoxy) is 1. The first-order valence-electron chi connectivity index (χ1n) is 7.68. The molecule has 1 aromatic rings. The van der Waals surface area contributed by atoms with Gasteiger partial charge in [-0.15, -0.1) is 0 Å². The molecule has 0 bridgehead atoms. The summed E-state index contributed by atoms with van der Waals surface area (Å²) in [5, 5.41) is 8.94. The fraction of sp³-hybridized carbons (Fsp3) is 0.588. The van der Waals surface area contributed by atoms with Crippen molar-refractivity contribution in [2.24, 2.45) is 5.92 Å². The van der Waals surface area contributed by atoms with Crippen molar-refractivity contribution in [3.63, 3.8) is 0 Å². The first-order chi connectivity index (χ1) is 10.0. The van der Waals surface area contributed by atoms with Crippen LogP contribution in [0.1, 0.15) is 32.3 Å². The number of hydrogen-bond donors (Lipinski definition) is 1. The zero-order valence-electron chi connectivity index (χ0n) is 13.3. The van der Waals surface area contributed by atoms with Gasteiger partial charge >= 0.3 is 5.97 Å². The lowest BCUT2D eigenvalue weighted by molar-refractivity contribution is -0.141. The topological polar surface area (TPSA) is 49.8 Å². The summed E-state index contributed by atoms with van der Waals surface area (Å²) in [5.74, 6) is -0.0890. The number of nitrogens with zero attached hydrogens (tertiary/aromatic N) is 1. The number of hydrogen-bond acceptors (Lipinski definition) is 3. The fourth-order valence-electron chi connectivity index (χ4n) is 2.18. The number of carboxylic acid groups (broad SMARTS) is 1. The normalized spacial score (nSPS) is 12.4. The molecule has 0 aliphatic rings. The first-order valence-corrected chi connectivity index (χ1v) is 7.68. The van der Waals surface area contributed by atoms with E-state index in [2.05, 4.69) is 11.8 Å². The van der Waals surface area contributed by atoms with Crippen LogP contribution in [0.5, 0.6) is 5.75 Å². The number of aliphatic carboxylic acids is 1. The van der Waals surface area contributed by atoms with Crippen LogP contribution in [-0.2, 0) is 4.79 Å². The molecule has 1 unspecified atom stereocenters. The zero-order valence-corrected chi connectivity index (χ0v) is 13.3. The van der Waals surface area contributed by atoms with Crippen LogP contribution in [0.3, 0.4) is 0 Å². The second-order valence-electron chi connectivity index (χ2n) is 5.45. The second kappa shape index (κ2) is 9.40. The third-order valence-corrected chi connectivity index (χ3v) is 3.62. The summed E-state index contributed by atoms with van der Waals surface area (Å²) in [5.41, 5.74) is 1.16. The summed E-state index contributed by atoms with van der Waals surface area (Å²) in [4.78, 5) is 13.1. The molecule has 0 saturated carbocycles. The molecule has 21 heavy (non-hydrogen) atoms. The monoisotopic (exact) mass is 293 g/mol. The Labute approximate surface area is 127 Å². The van der Waals surface area contributed by atoms with Crippen molar-refractivity contribution in [1.82, 2.24) is 4.90 Å². The average molecular weight is 293 g/mol. The predicted octanol–water partition coefficient (Wildman–Crippen LogP) is 3.20. The summed E-state index contributed by atoms with van der Waals surface area (Å²) in [6, 6.07) is 8.02. The van der Waals surface area contributed by atoms with E-state index in [1.165, 1.54) is 0 Å². The van der Waals surface area contributed by atoms with Gasteiger partial charge in [-0.2, -0.15) is 0 Å². The van der Waals surface area contributed by atoms with Gasteiger partial charge in [-0.05, 0) is 44.5 Å². The molecule has 0 heterocycles. The van der Waals surface area contributed by atoms with Gasteiger partial charge in [0.05, 0.1) is 12.5 Å². The first kappa shape index (κ1) is 17.5. The molecular weight excluding hydrogens is 266 g/mol. The average Bonchev–Trinajstić information content (AvgIpc) is 2.47. The Kier molecular flexibility index (Phi) is 7.83. The third kappa shape index (κ3) is 6.63. The van der Waals surface area contributed by atoms with Crippen molar-refractivity contribution in [2.75, 3.05) is 26.2 Å². The van der Waals surface area contributed by atoms with Gasteiger partial charge in [0.2, 0.25) is 0 Å². The largest absolute Gasteiger partial charge is 0.493 e. The Balaban J connectivity index is 2.20. The molecule has 0 fully saturated rings. The van der Waals surface area contributed by atoms with Crippen molar-refractivity contribution < 1.29 is 14.6 Å². The molecule has 1 atom stereocenters. The number of aryl methyl sites for hydroxylation is 1. The van der Waals surface area contributed by atoms with Crippen molar-refractivity contribution in [3.05, 3.63) is 29.8 Å². The van der Waals surface area contributed by atoms with E-state index in [-0.39, 0.29) is 5.92 Å². The van der Waals surface area contributed by atoms with Crippen LogP contribution in [0.4, 0.5) is 0 Å². The highest BCUT2D eigenvalue weighted by atomic mass is 16.5. The van der Waals surface area contributed by atoms with Crippen molar-refractivity contribution in [1.29, 1.82) is 0 Å². The maximum atomic E-state index is 10.9. The zero-order chi connectivity index (χ0) is 15.7. The molecule has 0 aromatic heterocycles. The second-order valence-corrected chi connectivity index (χ2v) is 5.45. The summed E-state index contributed by atoms with van der Waals surface area (Å²) in [6.45, 7) is 9.00. The minimum atomic E-state index is -0.726. The van der Waals surface area contributed by atoms with Gasteiger partial charge in [0.1, 0.15) is 5.75 Å². The standard InChI is InChI=1S/C17H27NO3/c1-4-18(13-15(3)17(19)20)11-7-8-12-21-16-10-6-5-9-14(16)2/h5-6,9-10,15H,4,7-8,11-13H2,1-3H3,(H,19,20). The molecule has 0 amide bonds. The summed E-state index contributed by atoms with van der Waals surface area (Å²) < 4.78 is 5.76. The maximum absolute atomic E-state index is 10.9. The highest BCUT2D eigenvalue weighted by Gasteiger charge is 2.14. The van der Waals surface area contributed by atoms with Gasteiger partial charge in [0.15, 0.2) is 0 Å². The van der Waals surface area contributed by atoms with Gasteiger partial charge < -0.3 is 14.7 Å². The number of para-hydroxylation sites is 1. The Morgan fingerprint density at radius 3 is 2.67 bits per heavy atom. The number of carbonyl (C=O) groups is 1. The molecule has 1 aromatic carbocycles. The molecule has 0 spiro atoms. The van der Waals surface area contributed by atoms with E-state index >= 15 is 0 Å². The number of rotatable bonds is 10. The molecule has 4 heteroatoms. The van der Waals surface area contributed by atoms with Crippen LogP contribution >= 0.6 is 0 Å². The highest BCUT2D eigenvalue weighted by Crippen LogP contribution is 2.16. The molecule has 0 saturated heterocycles. The van der Waals surface area contributed by atoms with E-state index in [9.17, 15) is 4.79 Å². The van der Waals surface area contributed by atoms with E-state index < -0.39 is 5.97 Å². The Morgan fingerprint density at radius 1 is 1.33 bits per heavy atom. The van der Waals surface area contributed by atoms with Crippen molar-refractivity contribution >= 4 is 5.97 Å². The number of carboxylic acids is 1. The van der Waals surface area contributed by atoms with Crippen molar-refractivity contribution in [2.45, 2.75) is 33.6 Å². The SMILES string of the molecule is CCN(CCCCOc1ccccc1C)CC(C)C(=O)O. The maximum Gasteiger partial charge on any atom is 0.307 e. The van der Waals surface area contributed by atoms with E-state index in [1.54, 1.807) is 6.92 Å². The lowest BCUT2D eigenvalue weighted by atomic mass is 10.1. The molecule has 4 nitrogen and oxygen atoms in total. The molecule has 0 radical (unpaired) electrons. The molecule has 118 valence electrons. The summed E-state index contributed by atoms with van der Waals surface area (Å²) in [7, 11) is 0. The Morgan fingerprint density at radius 2 is 2.05 bits per heavy atom. The van der Waals surface area contributed by atoms with Gasteiger partial charge in [-0.1, -0.05) is 32.0 Å². The van der Waals surface area contributed by atoms with Gasteiger partial charge in [-0.3, -0.25) is 4.79 Å². The minimum Gasteiger partial charge on any atom is -0.493 e. The molecule has 1 rings (SSSR count). The van der Waals surface area contributed by atoms with Crippen LogP contribution in [0, 0.1) is 12.8 Å².